The maximum atomic E-state index is 11.4. The lowest BCUT2D eigenvalue weighted by atomic mass is 10.2. The summed E-state index contributed by atoms with van der Waals surface area (Å²) in [5.41, 5.74) is 0. The van der Waals surface area contributed by atoms with E-state index in [0.29, 0.717) is 0 Å². The standard InChI is InChI=1S/C12H14O7/c1-2-3-4-5-8(15)18-11-9(16)12(17)19-10(11)7(14)6-13/h2-5,7,10,13-14,16H,6H2,1H3/t7-,10+/m0/s1. The molecule has 1 aliphatic heterocycles. The number of esters is 2. The molecule has 0 radical (unpaired) electrons. The SMILES string of the molecule is CC=CC=CC(=O)OC1=C(O)C(=O)O[C@@H]1[C@@H](O)CO. The van der Waals surface area contributed by atoms with Crippen LogP contribution in [0.2, 0.25) is 0 Å². The summed E-state index contributed by atoms with van der Waals surface area (Å²) >= 11 is 0. The Morgan fingerprint density at radius 3 is 2.79 bits per heavy atom. The summed E-state index contributed by atoms with van der Waals surface area (Å²) in [6.07, 6.45) is 2.82. The molecule has 0 bridgehead atoms. The van der Waals surface area contributed by atoms with Crippen LogP contribution in [0.15, 0.2) is 35.8 Å². The highest BCUT2D eigenvalue weighted by Crippen LogP contribution is 2.25. The third-order valence-electron chi connectivity index (χ3n) is 2.20. The average Bonchev–Trinajstić information content (AvgIpc) is 2.66. The first-order valence-electron chi connectivity index (χ1n) is 5.45. The van der Waals surface area contributed by atoms with Crippen molar-refractivity contribution in [1.29, 1.82) is 0 Å². The van der Waals surface area contributed by atoms with Gasteiger partial charge in [-0.2, -0.15) is 0 Å². The van der Waals surface area contributed by atoms with Crippen LogP contribution in [0.1, 0.15) is 6.92 Å². The molecule has 0 aromatic carbocycles. The van der Waals surface area contributed by atoms with Gasteiger partial charge >= 0.3 is 11.9 Å². The summed E-state index contributed by atoms with van der Waals surface area (Å²) in [7, 11) is 0. The van der Waals surface area contributed by atoms with Crippen molar-refractivity contribution in [3.05, 3.63) is 35.8 Å². The number of allylic oxidation sites excluding steroid dienone is 3. The van der Waals surface area contributed by atoms with Crippen LogP contribution in [0.25, 0.3) is 0 Å². The second-order valence-corrected chi connectivity index (χ2v) is 3.59. The molecule has 3 N–H and O–H groups in total. The zero-order valence-corrected chi connectivity index (χ0v) is 10.1. The fourth-order valence-electron chi connectivity index (χ4n) is 1.30. The fraction of sp³-hybridized carbons (Fsp3) is 0.333. The molecule has 0 spiro atoms. The van der Waals surface area contributed by atoms with Gasteiger partial charge < -0.3 is 24.8 Å². The number of carbonyl (C=O) groups is 2. The molecule has 0 aromatic rings. The normalized spacial score (nSPS) is 21.2. The van der Waals surface area contributed by atoms with Gasteiger partial charge in [-0.3, -0.25) is 0 Å². The van der Waals surface area contributed by atoms with E-state index in [0.717, 1.165) is 6.08 Å². The molecule has 7 heteroatoms. The number of carbonyl (C=O) groups excluding carboxylic acids is 2. The summed E-state index contributed by atoms with van der Waals surface area (Å²) in [6.45, 7) is 1.03. The predicted octanol–water partition coefficient (Wildman–Crippen LogP) is -0.290. The summed E-state index contributed by atoms with van der Waals surface area (Å²) in [5.74, 6) is -3.39. The monoisotopic (exact) mass is 270 g/mol. The van der Waals surface area contributed by atoms with E-state index in [4.69, 9.17) is 9.84 Å². The zero-order valence-electron chi connectivity index (χ0n) is 10.1. The number of rotatable bonds is 5. The second kappa shape index (κ2) is 6.72. The van der Waals surface area contributed by atoms with Crippen molar-refractivity contribution in [3.63, 3.8) is 0 Å². The van der Waals surface area contributed by atoms with Crippen LogP contribution in [0, 0.1) is 0 Å². The summed E-state index contributed by atoms with van der Waals surface area (Å²) < 4.78 is 9.31. The van der Waals surface area contributed by atoms with Crippen LogP contribution in [-0.2, 0) is 19.1 Å². The minimum absolute atomic E-state index is 0.512. The minimum Gasteiger partial charge on any atom is -0.499 e. The smallest absolute Gasteiger partial charge is 0.378 e. The fourth-order valence-corrected chi connectivity index (χ4v) is 1.30. The van der Waals surface area contributed by atoms with Crippen LogP contribution in [-0.4, -0.2) is 46.1 Å². The molecule has 0 saturated carbocycles. The van der Waals surface area contributed by atoms with Crippen molar-refractivity contribution >= 4 is 11.9 Å². The highest BCUT2D eigenvalue weighted by Gasteiger charge is 2.41. The van der Waals surface area contributed by atoms with Crippen molar-refractivity contribution in [2.24, 2.45) is 0 Å². The lowest BCUT2D eigenvalue weighted by Gasteiger charge is -2.16. The molecule has 1 rings (SSSR count). The number of aliphatic hydroxyl groups excluding tert-OH is 3. The van der Waals surface area contributed by atoms with Crippen LogP contribution >= 0.6 is 0 Å². The number of hydrogen-bond acceptors (Lipinski definition) is 7. The van der Waals surface area contributed by atoms with Crippen molar-refractivity contribution in [2.75, 3.05) is 6.61 Å². The Labute approximate surface area is 109 Å². The molecule has 0 unspecified atom stereocenters. The van der Waals surface area contributed by atoms with Gasteiger partial charge in [0.15, 0.2) is 6.10 Å². The first-order chi connectivity index (χ1) is 9.01. The Morgan fingerprint density at radius 1 is 1.53 bits per heavy atom. The molecule has 104 valence electrons. The van der Waals surface area contributed by atoms with Crippen LogP contribution in [0.4, 0.5) is 0 Å². The topological polar surface area (TPSA) is 113 Å². The number of hydrogen-bond donors (Lipinski definition) is 3. The third kappa shape index (κ3) is 3.67. The van der Waals surface area contributed by atoms with E-state index in [9.17, 15) is 19.8 Å². The van der Waals surface area contributed by atoms with Crippen molar-refractivity contribution in [3.8, 4) is 0 Å². The molecular weight excluding hydrogens is 256 g/mol. The number of ether oxygens (including phenoxy) is 2. The third-order valence-corrected chi connectivity index (χ3v) is 2.20. The van der Waals surface area contributed by atoms with E-state index in [1.54, 1.807) is 19.1 Å². The van der Waals surface area contributed by atoms with Crippen molar-refractivity contribution < 1.29 is 34.4 Å². The van der Waals surface area contributed by atoms with Gasteiger partial charge in [-0.05, 0) is 6.92 Å². The van der Waals surface area contributed by atoms with Crippen molar-refractivity contribution in [2.45, 2.75) is 19.1 Å². The highest BCUT2D eigenvalue weighted by molar-refractivity contribution is 5.91. The van der Waals surface area contributed by atoms with E-state index < -0.39 is 42.3 Å². The van der Waals surface area contributed by atoms with Gasteiger partial charge in [-0.25, -0.2) is 9.59 Å². The summed E-state index contributed by atoms with van der Waals surface area (Å²) in [6, 6.07) is 0. The molecule has 0 aromatic heterocycles. The molecule has 2 atom stereocenters. The lowest BCUT2D eigenvalue weighted by Crippen LogP contribution is -2.32. The molecule has 0 amide bonds. The Morgan fingerprint density at radius 2 is 2.21 bits per heavy atom. The minimum atomic E-state index is -1.49. The van der Waals surface area contributed by atoms with Crippen molar-refractivity contribution in [1.82, 2.24) is 0 Å². The molecule has 0 aliphatic carbocycles. The number of aliphatic hydroxyl groups is 3. The highest BCUT2D eigenvalue weighted by atomic mass is 16.6. The lowest BCUT2D eigenvalue weighted by molar-refractivity contribution is -0.150. The summed E-state index contributed by atoms with van der Waals surface area (Å²) in [4.78, 5) is 22.5. The van der Waals surface area contributed by atoms with Crippen LogP contribution in [0.5, 0.6) is 0 Å². The zero-order chi connectivity index (χ0) is 14.4. The first-order valence-corrected chi connectivity index (χ1v) is 5.45. The quantitative estimate of drug-likeness (QED) is 0.357. The molecule has 0 fully saturated rings. The largest absolute Gasteiger partial charge is 0.499 e. The molecule has 1 heterocycles. The molecule has 19 heavy (non-hydrogen) atoms. The van der Waals surface area contributed by atoms with E-state index in [2.05, 4.69) is 4.74 Å². The van der Waals surface area contributed by atoms with Gasteiger partial charge in [0.25, 0.3) is 0 Å². The Bertz CT molecular complexity index is 447. The average molecular weight is 270 g/mol. The maximum Gasteiger partial charge on any atom is 0.378 e. The van der Waals surface area contributed by atoms with E-state index >= 15 is 0 Å². The van der Waals surface area contributed by atoms with E-state index in [1.165, 1.54) is 6.08 Å². The van der Waals surface area contributed by atoms with Crippen LogP contribution in [0.3, 0.4) is 0 Å². The van der Waals surface area contributed by atoms with Gasteiger partial charge in [0.05, 0.1) is 6.61 Å². The summed E-state index contributed by atoms with van der Waals surface area (Å²) in [5, 5.41) is 27.6. The van der Waals surface area contributed by atoms with Gasteiger partial charge in [0.1, 0.15) is 6.10 Å². The Balaban J connectivity index is 2.83. The van der Waals surface area contributed by atoms with Gasteiger partial charge in [0.2, 0.25) is 11.5 Å². The van der Waals surface area contributed by atoms with Gasteiger partial charge in [0, 0.05) is 6.08 Å². The van der Waals surface area contributed by atoms with E-state index in [-0.39, 0.29) is 0 Å². The van der Waals surface area contributed by atoms with Gasteiger partial charge in [-0.1, -0.05) is 18.2 Å². The predicted molar refractivity (Wildman–Crippen MR) is 62.7 cm³/mol. The molecular formula is C12H14O7. The Hall–Kier alpha value is -2.12. The molecule has 1 aliphatic rings. The van der Waals surface area contributed by atoms with Gasteiger partial charge in [-0.15, -0.1) is 0 Å². The Kier molecular flexibility index (Phi) is 5.28. The molecule has 7 nitrogen and oxygen atoms in total. The maximum absolute atomic E-state index is 11.4. The second-order valence-electron chi connectivity index (χ2n) is 3.59. The van der Waals surface area contributed by atoms with Crippen LogP contribution < -0.4 is 0 Å². The molecule has 0 saturated heterocycles. The number of cyclic esters (lactones) is 1. The first kappa shape index (κ1) is 14.9. The van der Waals surface area contributed by atoms with E-state index in [1.807, 2.05) is 0 Å².